The maximum atomic E-state index is 13.8. The predicted molar refractivity (Wildman–Crippen MR) is 102 cm³/mol. The van der Waals surface area contributed by atoms with Gasteiger partial charge in [-0.25, -0.2) is 4.39 Å². The summed E-state index contributed by atoms with van der Waals surface area (Å²) >= 11 is 0. The molecule has 0 aromatic heterocycles. The van der Waals surface area contributed by atoms with Gasteiger partial charge >= 0.3 is 0 Å². The van der Waals surface area contributed by atoms with Crippen molar-refractivity contribution in [2.24, 2.45) is 0 Å². The quantitative estimate of drug-likeness (QED) is 0.670. The lowest BCUT2D eigenvalue weighted by molar-refractivity contribution is -1.02. The number of hydrogen-bond acceptors (Lipinski definition) is 3. The summed E-state index contributed by atoms with van der Waals surface area (Å²) in [6, 6.07) is 12.2. The monoisotopic (exact) mass is 387 g/mol. The Balaban J connectivity index is 1.28. The van der Waals surface area contributed by atoms with Crippen LogP contribution in [-0.2, 0) is 11.3 Å². The van der Waals surface area contributed by atoms with E-state index in [1.807, 2.05) is 13.0 Å². The van der Waals surface area contributed by atoms with Crippen molar-refractivity contribution in [3.8, 4) is 11.5 Å². The van der Waals surface area contributed by atoms with Crippen molar-refractivity contribution >= 4 is 11.6 Å². The van der Waals surface area contributed by atoms with Gasteiger partial charge in [0.1, 0.15) is 38.5 Å². The summed E-state index contributed by atoms with van der Waals surface area (Å²) < 4.78 is 24.6. The zero-order chi connectivity index (χ0) is 19.5. The minimum Gasteiger partial charge on any atom is -0.454 e. The Morgan fingerprint density at radius 3 is 2.64 bits per heavy atom. The molecule has 1 amide bonds. The highest BCUT2D eigenvalue weighted by molar-refractivity contribution is 5.93. The average Bonchev–Trinajstić information content (AvgIpc) is 3.17. The molecule has 7 heteroatoms. The summed E-state index contributed by atoms with van der Waals surface area (Å²) in [7, 11) is 0. The first kappa shape index (κ1) is 18.7. The van der Waals surface area contributed by atoms with Crippen LogP contribution in [-0.4, -0.2) is 44.9 Å². The fourth-order valence-electron chi connectivity index (χ4n) is 3.86. The van der Waals surface area contributed by atoms with Crippen molar-refractivity contribution in [3.63, 3.8) is 0 Å². The maximum absolute atomic E-state index is 13.8. The SMILES string of the molecule is C[C@H](C(=O)Nc1ccccc1F)[NH+]1CC[NH+](Cc2ccc3c(c2)OCO3)CC1. The number of piperazine rings is 1. The van der Waals surface area contributed by atoms with E-state index in [0.717, 1.165) is 44.2 Å². The van der Waals surface area contributed by atoms with E-state index in [1.165, 1.54) is 21.4 Å². The Kier molecular flexibility index (Phi) is 5.45. The number of benzene rings is 2. The lowest BCUT2D eigenvalue weighted by Gasteiger charge is -2.32. The highest BCUT2D eigenvalue weighted by Crippen LogP contribution is 2.32. The molecular formula is C21H26FN3O3+2. The minimum atomic E-state index is -0.406. The number of hydrogen-bond donors (Lipinski definition) is 3. The van der Waals surface area contributed by atoms with Crippen LogP contribution in [0.4, 0.5) is 10.1 Å². The highest BCUT2D eigenvalue weighted by Gasteiger charge is 2.31. The van der Waals surface area contributed by atoms with Crippen LogP contribution in [0.25, 0.3) is 0 Å². The van der Waals surface area contributed by atoms with Gasteiger partial charge in [-0.1, -0.05) is 12.1 Å². The Hall–Kier alpha value is -2.64. The molecule has 0 unspecified atom stereocenters. The molecular weight excluding hydrogens is 361 g/mol. The molecule has 6 nitrogen and oxygen atoms in total. The first-order valence-corrected chi connectivity index (χ1v) is 9.72. The molecule has 2 aromatic carbocycles. The van der Waals surface area contributed by atoms with Gasteiger partial charge in [-0.2, -0.15) is 0 Å². The van der Waals surface area contributed by atoms with E-state index in [-0.39, 0.29) is 17.6 Å². The van der Waals surface area contributed by atoms with Gasteiger partial charge in [0.15, 0.2) is 17.5 Å². The van der Waals surface area contributed by atoms with E-state index in [1.54, 1.807) is 18.2 Å². The lowest BCUT2D eigenvalue weighted by atomic mass is 10.1. The van der Waals surface area contributed by atoms with Crippen LogP contribution in [0.5, 0.6) is 11.5 Å². The van der Waals surface area contributed by atoms with E-state index >= 15 is 0 Å². The van der Waals surface area contributed by atoms with Crippen LogP contribution in [0.1, 0.15) is 12.5 Å². The third kappa shape index (κ3) is 4.10. The molecule has 1 atom stereocenters. The van der Waals surface area contributed by atoms with Crippen molar-refractivity contribution < 1.29 is 28.5 Å². The Bertz CT molecular complexity index is 853. The third-order valence-corrected chi connectivity index (χ3v) is 5.63. The summed E-state index contributed by atoms with van der Waals surface area (Å²) in [5.74, 6) is 1.08. The zero-order valence-electron chi connectivity index (χ0n) is 16.0. The third-order valence-electron chi connectivity index (χ3n) is 5.63. The largest absolute Gasteiger partial charge is 0.454 e. The molecule has 0 bridgehead atoms. The number of para-hydroxylation sites is 1. The van der Waals surface area contributed by atoms with Gasteiger partial charge in [0, 0.05) is 5.56 Å². The number of quaternary nitrogens is 2. The van der Waals surface area contributed by atoms with E-state index in [2.05, 4.69) is 17.4 Å². The number of carbonyl (C=O) groups is 1. The number of halogens is 1. The van der Waals surface area contributed by atoms with Crippen LogP contribution in [0, 0.1) is 5.82 Å². The molecule has 3 N–H and O–H groups in total. The summed E-state index contributed by atoms with van der Waals surface area (Å²) in [5, 5.41) is 2.71. The molecule has 148 valence electrons. The molecule has 28 heavy (non-hydrogen) atoms. The second kappa shape index (κ2) is 8.16. The summed E-state index contributed by atoms with van der Waals surface area (Å²) in [6.45, 7) is 6.92. The van der Waals surface area contributed by atoms with Gasteiger partial charge in [-0.05, 0) is 37.3 Å². The topological polar surface area (TPSA) is 56.4 Å². The number of carbonyl (C=O) groups excluding carboxylic acids is 1. The molecule has 4 rings (SSSR count). The van der Waals surface area contributed by atoms with Crippen molar-refractivity contribution in [1.29, 1.82) is 0 Å². The van der Waals surface area contributed by atoms with E-state index in [9.17, 15) is 9.18 Å². The van der Waals surface area contributed by atoms with Crippen LogP contribution in [0.2, 0.25) is 0 Å². The number of ether oxygens (including phenoxy) is 2. The smallest absolute Gasteiger partial charge is 0.282 e. The lowest BCUT2D eigenvalue weighted by Crippen LogP contribution is -3.29. The maximum Gasteiger partial charge on any atom is 0.282 e. The van der Waals surface area contributed by atoms with Gasteiger partial charge < -0.3 is 24.6 Å². The van der Waals surface area contributed by atoms with Crippen LogP contribution >= 0.6 is 0 Å². The molecule has 0 aliphatic carbocycles. The van der Waals surface area contributed by atoms with Crippen LogP contribution in [0.3, 0.4) is 0 Å². The number of rotatable bonds is 5. The average molecular weight is 387 g/mol. The second-order valence-electron chi connectivity index (χ2n) is 7.46. The predicted octanol–water partition coefficient (Wildman–Crippen LogP) is -0.135. The van der Waals surface area contributed by atoms with E-state index < -0.39 is 5.82 Å². The van der Waals surface area contributed by atoms with Crippen molar-refractivity contribution in [3.05, 3.63) is 53.8 Å². The number of nitrogens with one attached hydrogen (secondary N) is 3. The zero-order valence-corrected chi connectivity index (χ0v) is 16.0. The molecule has 1 saturated heterocycles. The Morgan fingerprint density at radius 1 is 1.11 bits per heavy atom. The van der Waals surface area contributed by atoms with Crippen molar-refractivity contribution in [2.75, 3.05) is 38.3 Å². The van der Waals surface area contributed by atoms with Gasteiger partial charge in [-0.3, -0.25) is 4.79 Å². The van der Waals surface area contributed by atoms with Crippen molar-refractivity contribution in [1.82, 2.24) is 0 Å². The van der Waals surface area contributed by atoms with E-state index in [0.29, 0.717) is 6.79 Å². The van der Waals surface area contributed by atoms with E-state index in [4.69, 9.17) is 9.47 Å². The fraction of sp³-hybridized carbons (Fsp3) is 0.381. The van der Waals surface area contributed by atoms with Gasteiger partial charge in [0.05, 0.1) is 5.69 Å². The standard InChI is InChI=1S/C21H24FN3O3/c1-15(21(26)23-18-5-3-2-4-17(18)22)25-10-8-24(9-11-25)13-16-6-7-19-20(12-16)28-14-27-19/h2-7,12,15H,8-11,13-14H2,1H3,(H,23,26)/p+2/t15-/m1/s1. The summed E-state index contributed by atoms with van der Waals surface area (Å²) in [6.07, 6.45) is 0. The molecule has 2 heterocycles. The van der Waals surface area contributed by atoms with Crippen LogP contribution < -0.4 is 24.6 Å². The normalized spacial score (nSPS) is 21.9. The minimum absolute atomic E-state index is 0.140. The molecule has 0 spiro atoms. The van der Waals surface area contributed by atoms with Crippen molar-refractivity contribution in [2.45, 2.75) is 19.5 Å². The number of anilines is 1. The first-order chi connectivity index (χ1) is 13.6. The highest BCUT2D eigenvalue weighted by atomic mass is 19.1. The van der Waals surface area contributed by atoms with Gasteiger partial charge in [0.25, 0.3) is 5.91 Å². The fourth-order valence-corrected chi connectivity index (χ4v) is 3.86. The molecule has 0 saturated carbocycles. The Morgan fingerprint density at radius 2 is 1.86 bits per heavy atom. The molecule has 2 aliphatic rings. The number of fused-ring (bicyclic) bond motifs is 1. The first-order valence-electron chi connectivity index (χ1n) is 9.72. The second-order valence-corrected chi connectivity index (χ2v) is 7.46. The molecule has 2 aromatic rings. The summed E-state index contributed by atoms with van der Waals surface area (Å²) in [4.78, 5) is 15.2. The van der Waals surface area contributed by atoms with Gasteiger partial charge in [0.2, 0.25) is 6.79 Å². The summed E-state index contributed by atoms with van der Waals surface area (Å²) in [5.41, 5.74) is 1.47. The Labute approximate surface area is 163 Å². The number of amides is 1. The molecule has 1 fully saturated rings. The van der Waals surface area contributed by atoms with Crippen LogP contribution in [0.15, 0.2) is 42.5 Å². The molecule has 2 aliphatic heterocycles. The van der Waals surface area contributed by atoms with Gasteiger partial charge in [-0.15, -0.1) is 0 Å². The molecule has 0 radical (unpaired) electrons.